The summed E-state index contributed by atoms with van der Waals surface area (Å²) >= 11 is 0. The van der Waals surface area contributed by atoms with Crippen molar-refractivity contribution in [2.75, 3.05) is 26.1 Å². The van der Waals surface area contributed by atoms with Gasteiger partial charge in [-0.3, -0.25) is 0 Å². The van der Waals surface area contributed by atoms with Crippen LogP contribution < -0.4 is 20.5 Å². The summed E-state index contributed by atoms with van der Waals surface area (Å²) < 4.78 is 10.5. The minimum Gasteiger partial charge on any atom is -0.493 e. The Balaban J connectivity index is 2.48. The highest BCUT2D eigenvalue weighted by Crippen LogP contribution is 2.38. The standard InChI is InChI=1S/C11H16N2O2/c1-14-10-5-7-8(12)3-4-13-9(7)6-11(10)15-2/h5-6,8,13H,3-4,12H2,1-2H3. The van der Waals surface area contributed by atoms with E-state index in [0.29, 0.717) is 0 Å². The van der Waals surface area contributed by atoms with Crippen LogP contribution in [0.4, 0.5) is 5.69 Å². The van der Waals surface area contributed by atoms with Crippen LogP contribution >= 0.6 is 0 Å². The van der Waals surface area contributed by atoms with E-state index >= 15 is 0 Å². The predicted octanol–water partition coefficient (Wildman–Crippen LogP) is 1.52. The molecule has 15 heavy (non-hydrogen) atoms. The Bertz CT molecular complexity index is 366. The quantitative estimate of drug-likeness (QED) is 0.773. The van der Waals surface area contributed by atoms with E-state index in [-0.39, 0.29) is 6.04 Å². The second-order valence-corrected chi connectivity index (χ2v) is 3.62. The molecule has 1 atom stereocenters. The fourth-order valence-electron chi connectivity index (χ4n) is 1.87. The number of anilines is 1. The van der Waals surface area contributed by atoms with E-state index in [0.717, 1.165) is 35.7 Å². The van der Waals surface area contributed by atoms with Gasteiger partial charge in [-0.25, -0.2) is 0 Å². The van der Waals surface area contributed by atoms with Gasteiger partial charge in [0.1, 0.15) is 0 Å². The van der Waals surface area contributed by atoms with Crippen molar-refractivity contribution in [3.8, 4) is 11.5 Å². The summed E-state index contributed by atoms with van der Waals surface area (Å²) in [7, 11) is 3.26. The molecule has 1 aliphatic heterocycles. The van der Waals surface area contributed by atoms with E-state index in [1.54, 1.807) is 14.2 Å². The number of rotatable bonds is 2. The van der Waals surface area contributed by atoms with Gasteiger partial charge < -0.3 is 20.5 Å². The highest BCUT2D eigenvalue weighted by molar-refractivity contribution is 5.62. The smallest absolute Gasteiger partial charge is 0.162 e. The number of methoxy groups -OCH3 is 2. The van der Waals surface area contributed by atoms with Gasteiger partial charge in [0, 0.05) is 24.3 Å². The van der Waals surface area contributed by atoms with Gasteiger partial charge >= 0.3 is 0 Å². The molecular formula is C11H16N2O2. The Morgan fingerprint density at radius 2 is 1.93 bits per heavy atom. The third-order valence-corrected chi connectivity index (χ3v) is 2.73. The summed E-state index contributed by atoms with van der Waals surface area (Å²) in [5.74, 6) is 1.47. The lowest BCUT2D eigenvalue weighted by molar-refractivity contribution is 0.354. The Morgan fingerprint density at radius 1 is 1.27 bits per heavy atom. The van der Waals surface area contributed by atoms with E-state index < -0.39 is 0 Å². The highest BCUT2D eigenvalue weighted by Gasteiger charge is 2.19. The van der Waals surface area contributed by atoms with Crippen LogP contribution in [-0.4, -0.2) is 20.8 Å². The topological polar surface area (TPSA) is 56.5 Å². The number of nitrogens with one attached hydrogen (secondary N) is 1. The lowest BCUT2D eigenvalue weighted by atomic mass is 9.98. The summed E-state index contributed by atoms with van der Waals surface area (Å²) in [5.41, 5.74) is 8.17. The van der Waals surface area contributed by atoms with Crippen molar-refractivity contribution in [3.05, 3.63) is 17.7 Å². The van der Waals surface area contributed by atoms with Crippen molar-refractivity contribution in [2.24, 2.45) is 5.73 Å². The van der Waals surface area contributed by atoms with E-state index in [2.05, 4.69) is 5.32 Å². The van der Waals surface area contributed by atoms with Crippen molar-refractivity contribution in [2.45, 2.75) is 12.5 Å². The molecule has 3 N–H and O–H groups in total. The van der Waals surface area contributed by atoms with Gasteiger partial charge in [-0.2, -0.15) is 0 Å². The molecule has 0 aromatic heterocycles. The summed E-state index contributed by atoms with van der Waals surface area (Å²) in [6.45, 7) is 0.906. The molecule has 0 saturated heterocycles. The molecule has 0 spiro atoms. The second kappa shape index (κ2) is 3.98. The number of ether oxygens (including phenoxy) is 2. The molecule has 1 aliphatic rings. The van der Waals surface area contributed by atoms with Crippen molar-refractivity contribution in [3.63, 3.8) is 0 Å². The van der Waals surface area contributed by atoms with Crippen molar-refractivity contribution < 1.29 is 9.47 Å². The molecule has 4 heteroatoms. The summed E-state index contributed by atoms with van der Waals surface area (Å²) in [6.07, 6.45) is 0.947. The Kier molecular flexibility index (Phi) is 2.68. The zero-order chi connectivity index (χ0) is 10.8. The molecule has 1 aromatic carbocycles. The summed E-state index contributed by atoms with van der Waals surface area (Å²) in [6, 6.07) is 3.97. The fourth-order valence-corrected chi connectivity index (χ4v) is 1.87. The predicted molar refractivity (Wildman–Crippen MR) is 59.6 cm³/mol. The SMILES string of the molecule is COc1cc2c(cc1OC)C(N)CCN2. The minimum atomic E-state index is 0.0843. The number of hydrogen-bond acceptors (Lipinski definition) is 4. The molecule has 82 valence electrons. The number of nitrogens with two attached hydrogens (primary N) is 1. The van der Waals surface area contributed by atoms with Crippen LogP contribution in [0.15, 0.2) is 12.1 Å². The maximum atomic E-state index is 6.03. The molecule has 2 rings (SSSR count). The van der Waals surface area contributed by atoms with Crippen LogP contribution in [-0.2, 0) is 0 Å². The Labute approximate surface area is 89.4 Å². The van der Waals surface area contributed by atoms with Gasteiger partial charge in [0.15, 0.2) is 11.5 Å². The molecular weight excluding hydrogens is 192 g/mol. The second-order valence-electron chi connectivity index (χ2n) is 3.62. The van der Waals surface area contributed by atoms with E-state index in [1.807, 2.05) is 12.1 Å². The third-order valence-electron chi connectivity index (χ3n) is 2.73. The normalized spacial score (nSPS) is 19.0. The van der Waals surface area contributed by atoms with Gasteiger partial charge in [0.2, 0.25) is 0 Å². The third kappa shape index (κ3) is 1.72. The van der Waals surface area contributed by atoms with Crippen LogP contribution in [0.2, 0.25) is 0 Å². The largest absolute Gasteiger partial charge is 0.493 e. The number of fused-ring (bicyclic) bond motifs is 1. The monoisotopic (exact) mass is 208 g/mol. The zero-order valence-electron chi connectivity index (χ0n) is 9.04. The lowest BCUT2D eigenvalue weighted by Gasteiger charge is -2.25. The van der Waals surface area contributed by atoms with Gasteiger partial charge in [-0.15, -0.1) is 0 Å². The first kappa shape index (κ1) is 10.1. The van der Waals surface area contributed by atoms with Gasteiger partial charge in [0.25, 0.3) is 0 Å². The number of benzene rings is 1. The summed E-state index contributed by atoms with van der Waals surface area (Å²) in [4.78, 5) is 0. The van der Waals surface area contributed by atoms with Crippen molar-refractivity contribution >= 4 is 5.69 Å². The first-order valence-corrected chi connectivity index (χ1v) is 5.01. The van der Waals surface area contributed by atoms with E-state index in [9.17, 15) is 0 Å². The molecule has 0 aliphatic carbocycles. The summed E-state index contributed by atoms with van der Waals surface area (Å²) in [5, 5.41) is 3.30. The van der Waals surface area contributed by atoms with Gasteiger partial charge in [-0.1, -0.05) is 0 Å². The van der Waals surface area contributed by atoms with E-state index in [1.165, 1.54) is 0 Å². The zero-order valence-corrected chi connectivity index (χ0v) is 9.04. The molecule has 0 fully saturated rings. The van der Waals surface area contributed by atoms with Crippen LogP contribution in [0, 0.1) is 0 Å². The maximum absolute atomic E-state index is 6.03. The Morgan fingerprint density at radius 3 is 2.60 bits per heavy atom. The van der Waals surface area contributed by atoms with Crippen LogP contribution in [0.5, 0.6) is 11.5 Å². The molecule has 0 radical (unpaired) electrons. The van der Waals surface area contributed by atoms with Crippen LogP contribution in [0.3, 0.4) is 0 Å². The minimum absolute atomic E-state index is 0.0843. The van der Waals surface area contributed by atoms with Gasteiger partial charge in [0.05, 0.1) is 14.2 Å². The number of hydrogen-bond donors (Lipinski definition) is 2. The average molecular weight is 208 g/mol. The molecule has 4 nitrogen and oxygen atoms in total. The van der Waals surface area contributed by atoms with Gasteiger partial charge in [-0.05, 0) is 18.1 Å². The lowest BCUT2D eigenvalue weighted by Crippen LogP contribution is -2.22. The molecule has 1 heterocycles. The van der Waals surface area contributed by atoms with Crippen molar-refractivity contribution in [1.29, 1.82) is 0 Å². The first-order chi connectivity index (χ1) is 7.26. The average Bonchev–Trinajstić information content (AvgIpc) is 2.28. The van der Waals surface area contributed by atoms with Crippen LogP contribution in [0.25, 0.3) is 0 Å². The molecule has 0 saturated carbocycles. The maximum Gasteiger partial charge on any atom is 0.162 e. The molecule has 1 aromatic rings. The van der Waals surface area contributed by atoms with Crippen LogP contribution in [0.1, 0.15) is 18.0 Å². The first-order valence-electron chi connectivity index (χ1n) is 5.01. The fraction of sp³-hybridized carbons (Fsp3) is 0.455. The van der Waals surface area contributed by atoms with E-state index in [4.69, 9.17) is 15.2 Å². The molecule has 1 unspecified atom stereocenters. The molecule has 0 amide bonds. The highest BCUT2D eigenvalue weighted by atomic mass is 16.5. The molecule has 0 bridgehead atoms. The van der Waals surface area contributed by atoms with Crippen molar-refractivity contribution in [1.82, 2.24) is 0 Å². The Hall–Kier alpha value is -1.42.